The number of carbonyl (C=O) groups excluding carboxylic acids is 2. The smallest absolute Gasteiger partial charge is 0.339 e. The molecule has 4 fully saturated rings. The first kappa shape index (κ1) is 24.0. The number of carbonyl (C=O) groups is 2. The van der Waals surface area contributed by atoms with Gasteiger partial charge < -0.3 is 4.74 Å². The van der Waals surface area contributed by atoms with E-state index in [9.17, 15) is 14.0 Å². The molecule has 38 heavy (non-hydrogen) atoms. The SMILES string of the molecule is O=C(OCC(=O)C12CC3CC(CC(C3)C1)C2)c1c2c(nc3ccccc13)/C(=C/c1c(F)cccc1Cl)CC2. The number of ether oxygens (including phenoxy) is 1. The van der Waals surface area contributed by atoms with E-state index in [-0.39, 0.29) is 17.8 Å². The zero-order chi connectivity index (χ0) is 26.0. The van der Waals surface area contributed by atoms with Gasteiger partial charge in [-0.15, -0.1) is 0 Å². The Morgan fingerprint density at radius 3 is 2.42 bits per heavy atom. The molecule has 4 bridgehead atoms. The first-order valence-corrected chi connectivity index (χ1v) is 14.0. The Morgan fingerprint density at radius 1 is 1.00 bits per heavy atom. The maximum atomic E-state index is 14.5. The molecule has 0 saturated heterocycles. The van der Waals surface area contributed by atoms with Gasteiger partial charge in [-0.2, -0.15) is 0 Å². The monoisotopic (exact) mass is 529 g/mol. The minimum Gasteiger partial charge on any atom is -0.454 e. The number of fused-ring (bicyclic) bond motifs is 2. The highest BCUT2D eigenvalue weighted by Gasteiger charge is 2.54. The van der Waals surface area contributed by atoms with E-state index in [1.165, 1.54) is 25.3 Å². The quantitative estimate of drug-likeness (QED) is 0.322. The number of ketones is 1. The normalized spacial score (nSPS) is 28.2. The Bertz CT molecular complexity index is 1470. The third-order valence-corrected chi connectivity index (χ3v) is 9.76. The van der Waals surface area contributed by atoms with Crippen molar-refractivity contribution in [2.75, 3.05) is 6.61 Å². The summed E-state index contributed by atoms with van der Waals surface area (Å²) in [5.41, 5.74) is 3.43. The number of hydrogen-bond acceptors (Lipinski definition) is 4. The molecule has 5 aliphatic rings. The fourth-order valence-electron chi connectivity index (χ4n) is 8.14. The van der Waals surface area contributed by atoms with Crippen LogP contribution in [0.5, 0.6) is 0 Å². The van der Waals surface area contributed by atoms with Gasteiger partial charge in [-0.25, -0.2) is 14.2 Å². The van der Waals surface area contributed by atoms with Crippen LogP contribution in [0, 0.1) is 29.0 Å². The van der Waals surface area contributed by atoms with Gasteiger partial charge in [0.15, 0.2) is 12.4 Å². The van der Waals surface area contributed by atoms with Gasteiger partial charge in [0.25, 0.3) is 0 Å². The second-order valence-corrected chi connectivity index (χ2v) is 12.2. The van der Waals surface area contributed by atoms with Crippen LogP contribution in [0.2, 0.25) is 5.02 Å². The third kappa shape index (κ3) is 3.89. The topological polar surface area (TPSA) is 56.3 Å². The summed E-state index contributed by atoms with van der Waals surface area (Å²) < 4.78 is 20.3. The van der Waals surface area contributed by atoms with E-state index in [4.69, 9.17) is 21.3 Å². The largest absolute Gasteiger partial charge is 0.454 e. The molecule has 194 valence electrons. The van der Waals surface area contributed by atoms with E-state index in [1.54, 1.807) is 18.2 Å². The molecule has 5 aliphatic carbocycles. The van der Waals surface area contributed by atoms with Crippen LogP contribution in [0.4, 0.5) is 4.39 Å². The van der Waals surface area contributed by atoms with Crippen LogP contribution in [-0.2, 0) is 16.0 Å². The molecule has 0 unspecified atom stereocenters. The molecule has 4 nitrogen and oxygen atoms in total. The molecular weight excluding hydrogens is 501 g/mol. The highest BCUT2D eigenvalue weighted by atomic mass is 35.5. The minimum atomic E-state index is -0.483. The molecule has 0 spiro atoms. The van der Waals surface area contributed by atoms with E-state index < -0.39 is 11.8 Å². The first-order chi connectivity index (χ1) is 18.4. The number of nitrogens with zero attached hydrogens (tertiary/aromatic N) is 1. The van der Waals surface area contributed by atoms with Gasteiger partial charge in [-0.3, -0.25) is 4.79 Å². The minimum absolute atomic E-state index is 0.0923. The fourth-order valence-corrected chi connectivity index (χ4v) is 8.36. The predicted molar refractivity (Wildman–Crippen MR) is 145 cm³/mol. The van der Waals surface area contributed by atoms with Crippen molar-refractivity contribution >= 4 is 45.9 Å². The Balaban J connectivity index is 1.20. The van der Waals surface area contributed by atoms with Gasteiger partial charge >= 0.3 is 5.97 Å². The summed E-state index contributed by atoms with van der Waals surface area (Å²) in [6, 6.07) is 12.1. The standard InChI is InChI=1S/C32H29ClFNO3/c33-25-5-3-6-26(34)24(25)13-21-8-9-23-29(22-4-1-2-7-27(22)35-30(21)23)31(37)38-17-28(36)32-14-18-10-19(15-32)12-20(11-18)16-32/h1-7,13,18-20H,8-12,14-17H2/b21-13+. The van der Waals surface area contributed by atoms with E-state index in [2.05, 4.69) is 0 Å². The highest BCUT2D eigenvalue weighted by molar-refractivity contribution is 6.32. The molecule has 0 atom stereocenters. The van der Waals surface area contributed by atoms with Crippen LogP contribution in [-0.4, -0.2) is 23.3 Å². The zero-order valence-corrected chi connectivity index (χ0v) is 21.9. The van der Waals surface area contributed by atoms with Gasteiger partial charge in [0.2, 0.25) is 0 Å². The maximum absolute atomic E-state index is 14.5. The zero-order valence-electron chi connectivity index (χ0n) is 21.1. The number of para-hydroxylation sites is 1. The number of Topliss-reactive ketones (excluding diaryl/α,β-unsaturated/α-hetero) is 1. The van der Waals surface area contributed by atoms with Crippen LogP contribution < -0.4 is 0 Å². The molecule has 1 heterocycles. The molecule has 2 aromatic carbocycles. The van der Waals surface area contributed by atoms with E-state index in [0.29, 0.717) is 63.3 Å². The second-order valence-electron chi connectivity index (χ2n) is 11.8. The van der Waals surface area contributed by atoms with E-state index >= 15 is 0 Å². The Kier molecular flexibility index (Phi) is 5.70. The number of benzene rings is 2. The molecule has 3 aromatic rings. The third-order valence-electron chi connectivity index (χ3n) is 9.43. The molecule has 4 saturated carbocycles. The van der Waals surface area contributed by atoms with Crippen molar-refractivity contribution < 1.29 is 18.7 Å². The highest BCUT2D eigenvalue weighted by Crippen LogP contribution is 2.60. The summed E-state index contributed by atoms with van der Waals surface area (Å²) in [7, 11) is 0. The summed E-state index contributed by atoms with van der Waals surface area (Å²) in [5.74, 6) is 1.17. The number of halogens is 2. The van der Waals surface area contributed by atoms with Gasteiger partial charge in [0.05, 0.1) is 21.8 Å². The summed E-state index contributed by atoms with van der Waals surface area (Å²) in [6.07, 6.45) is 9.56. The number of rotatable bonds is 5. The predicted octanol–water partition coefficient (Wildman–Crippen LogP) is 7.46. The van der Waals surface area contributed by atoms with E-state index in [0.717, 1.165) is 30.4 Å². The number of aromatic nitrogens is 1. The van der Waals surface area contributed by atoms with Crippen LogP contribution >= 0.6 is 11.6 Å². The Hall–Kier alpha value is -3.05. The average Bonchev–Trinajstić information content (AvgIpc) is 3.29. The lowest BCUT2D eigenvalue weighted by atomic mass is 9.48. The number of hydrogen-bond donors (Lipinski definition) is 0. The summed E-state index contributed by atoms with van der Waals surface area (Å²) >= 11 is 6.28. The van der Waals surface area contributed by atoms with Gasteiger partial charge in [-0.05, 0) is 105 Å². The lowest BCUT2D eigenvalue weighted by Crippen LogP contribution is -2.51. The van der Waals surface area contributed by atoms with Crippen molar-refractivity contribution in [2.45, 2.75) is 51.4 Å². The average molecular weight is 530 g/mol. The molecule has 1 aromatic heterocycles. The van der Waals surface area contributed by atoms with Crippen molar-refractivity contribution in [2.24, 2.45) is 23.2 Å². The van der Waals surface area contributed by atoms with Crippen LogP contribution in [0.15, 0.2) is 42.5 Å². The molecule has 0 amide bonds. The van der Waals surface area contributed by atoms with Crippen molar-refractivity contribution in [3.05, 3.63) is 75.7 Å². The number of allylic oxidation sites excluding steroid dienone is 1. The molecule has 0 N–H and O–H groups in total. The summed E-state index contributed by atoms with van der Waals surface area (Å²) in [5, 5.41) is 1.04. The summed E-state index contributed by atoms with van der Waals surface area (Å²) in [6.45, 7) is -0.177. The van der Waals surface area contributed by atoms with Crippen LogP contribution in [0.1, 0.15) is 72.1 Å². The Labute approximate surface area is 226 Å². The summed E-state index contributed by atoms with van der Waals surface area (Å²) in [4.78, 5) is 32.0. The fraction of sp³-hybridized carbons (Fsp3) is 0.406. The lowest BCUT2D eigenvalue weighted by molar-refractivity contribution is -0.147. The molecule has 8 rings (SSSR count). The van der Waals surface area contributed by atoms with Crippen molar-refractivity contribution in [3.8, 4) is 0 Å². The Morgan fingerprint density at radius 2 is 1.71 bits per heavy atom. The van der Waals surface area contributed by atoms with Crippen molar-refractivity contribution in [1.82, 2.24) is 4.98 Å². The van der Waals surface area contributed by atoms with Gasteiger partial charge in [0.1, 0.15) is 5.82 Å². The van der Waals surface area contributed by atoms with Crippen molar-refractivity contribution in [1.29, 1.82) is 0 Å². The molecule has 6 heteroatoms. The number of pyridine rings is 1. The van der Waals surface area contributed by atoms with E-state index in [1.807, 2.05) is 24.3 Å². The van der Waals surface area contributed by atoms with Crippen LogP contribution in [0.3, 0.4) is 0 Å². The molecular formula is C32H29ClFNO3. The van der Waals surface area contributed by atoms with Gasteiger partial charge in [-0.1, -0.05) is 35.9 Å². The maximum Gasteiger partial charge on any atom is 0.339 e. The van der Waals surface area contributed by atoms with Gasteiger partial charge in [0, 0.05) is 16.4 Å². The lowest BCUT2D eigenvalue weighted by Gasteiger charge is -2.55. The second kappa shape index (κ2) is 9.01. The molecule has 0 radical (unpaired) electrons. The molecule has 0 aliphatic heterocycles. The first-order valence-electron chi connectivity index (χ1n) is 13.7. The number of esters is 1. The van der Waals surface area contributed by atoms with Crippen molar-refractivity contribution in [3.63, 3.8) is 0 Å². The van der Waals surface area contributed by atoms with Crippen LogP contribution in [0.25, 0.3) is 22.6 Å².